The molecule has 12 aromatic rings. The number of nitrogens with zero attached hydrogens (tertiary/aromatic N) is 3. The SMILES string of the molecule is CC1CC2CCCC(c3ccc4oc5c(-c6nc(-c7cc(-c8ccccc8)cc(-c8ccc9oc%10ccccc%10c9c8)c7)nc(-c7cccc8c7oc7ccccc78)n6)cccc5c4c3)(C1)C2. The number of rotatable bonds is 6. The number of hydrogen-bond donors (Lipinski definition) is 0. The van der Waals surface area contributed by atoms with E-state index in [9.17, 15) is 0 Å². The van der Waals surface area contributed by atoms with Crippen LogP contribution in [0.2, 0.25) is 0 Å². The molecule has 8 aromatic carbocycles. The van der Waals surface area contributed by atoms with Crippen molar-refractivity contribution in [1.82, 2.24) is 15.0 Å². The second kappa shape index (κ2) is 14.8. The maximum Gasteiger partial charge on any atom is 0.167 e. The quantitative estimate of drug-likeness (QED) is 0.166. The van der Waals surface area contributed by atoms with Crippen molar-refractivity contribution in [3.8, 4) is 56.4 Å². The summed E-state index contributed by atoms with van der Waals surface area (Å²) >= 11 is 0. The first-order valence-electron chi connectivity index (χ1n) is 23.8. The van der Waals surface area contributed by atoms with Gasteiger partial charge in [0.15, 0.2) is 17.5 Å². The number of hydrogen-bond acceptors (Lipinski definition) is 6. The lowest BCUT2D eigenvalue weighted by Crippen LogP contribution is -2.39. The van der Waals surface area contributed by atoms with Crippen molar-refractivity contribution in [2.45, 2.75) is 50.9 Å². The van der Waals surface area contributed by atoms with Crippen molar-refractivity contribution in [2.75, 3.05) is 0 Å². The van der Waals surface area contributed by atoms with Gasteiger partial charge in [-0.2, -0.15) is 0 Å². The molecule has 3 unspecified atom stereocenters. The molecule has 0 aliphatic heterocycles. The van der Waals surface area contributed by atoms with Crippen LogP contribution in [0.4, 0.5) is 0 Å². The molecule has 4 aromatic heterocycles. The van der Waals surface area contributed by atoms with Crippen LogP contribution in [0.1, 0.15) is 51.0 Å². The molecule has 0 radical (unpaired) electrons. The molecular weight excluding hydrogens is 823 g/mol. The molecule has 0 spiro atoms. The van der Waals surface area contributed by atoms with Crippen LogP contribution < -0.4 is 0 Å². The largest absolute Gasteiger partial charge is 0.456 e. The zero-order chi connectivity index (χ0) is 44.2. The van der Waals surface area contributed by atoms with E-state index in [4.69, 9.17) is 28.2 Å². The van der Waals surface area contributed by atoms with E-state index in [0.717, 1.165) is 117 Å². The zero-order valence-electron chi connectivity index (χ0n) is 37.1. The highest BCUT2D eigenvalue weighted by Crippen LogP contribution is 2.53. The minimum atomic E-state index is 0.233. The first kappa shape index (κ1) is 38.4. The highest BCUT2D eigenvalue weighted by Gasteiger charge is 2.43. The van der Waals surface area contributed by atoms with E-state index in [-0.39, 0.29) is 5.41 Å². The topological polar surface area (TPSA) is 78.1 Å². The standard InChI is InChI=1S/C61H45N3O3/c1-36-28-37-12-11-27-61(34-36,35-37)43-24-26-55-51(33-43)47-18-10-20-49(57(47)67-55)60-63-58(62-59(64-60)48-19-9-17-46-44-15-5-8-22-53(44)66-56(46)48)42-30-40(38-13-3-2-4-14-38)29-41(31-42)39-23-25-54-50(32-39)45-16-6-7-21-52(45)65-54/h2-10,13-26,29-33,36-37H,11-12,27-28,34-35H2,1H3. The molecule has 3 atom stereocenters. The summed E-state index contributed by atoms with van der Waals surface area (Å²) in [7, 11) is 0. The third-order valence-corrected chi connectivity index (χ3v) is 15.1. The zero-order valence-corrected chi connectivity index (χ0v) is 37.1. The van der Waals surface area contributed by atoms with Gasteiger partial charge in [-0.3, -0.25) is 0 Å². The van der Waals surface area contributed by atoms with Gasteiger partial charge in [-0.25, -0.2) is 15.0 Å². The summed E-state index contributed by atoms with van der Waals surface area (Å²) in [4.78, 5) is 16.1. The van der Waals surface area contributed by atoms with Crippen molar-refractivity contribution in [1.29, 1.82) is 0 Å². The number of fused-ring (bicyclic) bond motifs is 11. The first-order chi connectivity index (χ1) is 33.0. The van der Waals surface area contributed by atoms with Crippen molar-refractivity contribution < 1.29 is 13.3 Å². The highest BCUT2D eigenvalue weighted by molar-refractivity contribution is 6.11. The van der Waals surface area contributed by atoms with Gasteiger partial charge in [-0.1, -0.05) is 123 Å². The molecule has 2 fully saturated rings. The molecule has 14 rings (SSSR count). The van der Waals surface area contributed by atoms with Crippen LogP contribution >= 0.6 is 0 Å². The van der Waals surface area contributed by atoms with Crippen molar-refractivity contribution in [3.05, 3.63) is 175 Å². The van der Waals surface area contributed by atoms with E-state index in [0.29, 0.717) is 17.5 Å². The highest BCUT2D eigenvalue weighted by atomic mass is 16.3. The van der Waals surface area contributed by atoms with Gasteiger partial charge in [-0.15, -0.1) is 0 Å². The van der Waals surface area contributed by atoms with Crippen molar-refractivity contribution in [3.63, 3.8) is 0 Å². The summed E-state index contributed by atoms with van der Waals surface area (Å²) in [5.41, 5.74) is 13.4. The fraction of sp³-hybridized carbons (Fsp3) is 0.164. The predicted octanol–water partition coefficient (Wildman–Crippen LogP) is 16.8. The van der Waals surface area contributed by atoms with Gasteiger partial charge < -0.3 is 13.3 Å². The Bertz CT molecular complexity index is 3930. The molecular formula is C61H45N3O3. The van der Waals surface area contributed by atoms with Crippen molar-refractivity contribution in [2.24, 2.45) is 11.8 Å². The molecule has 6 heteroatoms. The fourth-order valence-electron chi connectivity index (χ4n) is 12.2. The van der Waals surface area contributed by atoms with Gasteiger partial charge in [0.2, 0.25) is 0 Å². The molecule has 6 nitrogen and oxygen atoms in total. The van der Waals surface area contributed by atoms with Gasteiger partial charge in [-0.05, 0) is 137 Å². The van der Waals surface area contributed by atoms with Crippen LogP contribution in [0.5, 0.6) is 0 Å². The number of aromatic nitrogens is 3. The average molecular weight is 868 g/mol. The maximum atomic E-state index is 6.89. The number of benzene rings is 8. The molecule has 4 heterocycles. The van der Waals surface area contributed by atoms with E-state index < -0.39 is 0 Å². The monoisotopic (exact) mass is 867 g/mol. The van der Waals surface area contributed by atoms with Crippen molar-refractivity contribution >= 4 is 65.8 Å². The van der Waals surface area contributed by atoms with E-state index in [1.54, 1.807) is 0 Å². The molecule has 2 aliphatic rings. The van der Waals surface area contributed by atoms with Gasteiger partial charge in [0.1, 0.15) is 33.5 Å². The van der Waals surface area contributed by atoms with Crippen LogP contribution in [0.25, 0.3) is 122 Å². The Hall–Kier alpha value is -7.83. The normalized spacial score (nSPS) is 18.5. The lowest BCUT2D eigenvalue weighted by atomic mass is 9.57. The summed E-state index contributed by atoms with van der Waals surface area (Å²) in [6, 6.07) is 59.6. The Morgan fingerprint density at radius 1 is 0.433 bits per heavy atom. The Labute approximate surface area is 386 Å². The van der Waals surface area contributed by atoms with Crippen LogP contribution in [0.3, 0.4) is 0 Å². The van der Waals surface area contributed by atoms with Gasteiger partial charge in [0.25, 0.3) is 0 Å². The Balaban J connectivity index is 0.986. The third kappa shape index (κ3) is 6.26. The van der Waals surface area contributed by atoms with Crippen LogP contribution in [0, 0.1) is 11.8 Å². The summed E-state index contributed by atoms with van der Waals surface area (Å²) in [6.07, 6.45) is 7.84. The lowest BCUT2D eigenvalue weighted by Gasteiger charge is -2.48. The summed E-state index contributed by atoms with van der Waals surface area (Å²) in [5, 5.41) is 6.44. The van der Waals surface area contributed by atoms with Crippen LogP contribution in [0.15, 0.2) is 183 Å². The lowest BCUT2D eigenvalue weighted by molar-refractivity contribution is 0.110. The summed E-state index contributed by atoms with van der Waals surface area (Å²) in [6.45, 7) is 2.45. The van der Waals surface area contributed by atoms with Gasteiger partial charge in [0, 0.05) is 37.9 Å². The fourth-order valence-corrected chi connectivity index (χ4v) is 12.2. The Morgan fingerprint density at radius 2 is 1.00 bits per heavy atom. The molecule has 2 saturated carbocycles. The molecule has 67 heavy (non-hydrogen) atoms. The van der Waals surface area contributed by atoms with E-state index in [1.807, 2.05) is 30.3 Å². The average Bonchev–Trinajstić information content (AvgIpc) is 4.07. The maximum absolute atomic E-state index is 6.89. The first-order valence-corrected chi connectivity index (χ1v) is 23.8. The Morgan fingerprint density at radius 3 is 1.76 bits per heavy atom. The molecule has 0 amide bonds. The molecule has 2 aliphatic carbocycles. The summed E-state index contributed by atoms with van der Waals surface area (Å²) < 4.78 is 19.8. The third-order valence-electron chi connectivity index (χ3n) is 15.1. The molecule has 0 saturated heterocycles. The number of furan rings is 3. The smallest absolute Gasteiger partial charge is 0.167 e. The van der Waals surface area contributed by atoms with E-state index in [2.05, 4.69) is 146 Å². The second-order valence-corrected chi connectivity index (χ2v) is 19.3. The van der Waals surface area contributed by atoms with Crippen LogP contribution in [-0.2, 0) is 5.41 Å². The van der Waals surface area contributed by atoms with E-state index in [1.165, 1.54) is 44.1 Å². The van der Waals surface area contributed by atoms with Gasteiger partial charge in [0.05, 0.1) is 11.1 Å². The second-order valence-electron chi connectivity index (χ2n) is 19.3. The Kier molecular flexibility index (Phi) is 8.52. The summed E-state index contributed by atoms with van der Waals surface area (Å²) in [5.74, 6) is 3.17. The van der Waals surface area contributed by atoms with E-state index >= 15 is 0 Å². The molecule has 322 valence electrons. The molecule has 0 N–H and O–H groups in total. The van der Waals surface area contributed by atoms with Crippen LogP contribution in [-0.4, -0.2) is 15.0 Å². The molecule has 2 bridgehead atoms. The van der Waals surface area contributed by atoms with Gasteiger partial charge >= 0.3 is 0 Å². The minimum absolute atomic E-state index is 0.233. The number of para-hydroxylation sites is 4. The predicted molar refractivity (Wildman–Crippen MR) is 271 cm³/mol. The minimum Gasteiger partial charge on any atom is -0.456 e.